The van der Waals surface area contributed by atoms with Gasteiger partial charge in [-0.1, -0.05) is 17.7 Å². The van der Waals surface area contributed by atoms with E-state index in [4.69, 9.17) is 17.3 Å². The van der Waals surface area contributed by atoms with Gasteiger partial charge < -0.3 is 15.5 Å². The fourth-order valence-electron chi connectivity index (χ4n) is 2.92. The number of likely N-dealkylation sites (tertiary alicyclic amines) is 1. The third-order valence-corrected chi connectivity index (χ3v) is 4.41. The Morgan fingerprint density at radius 2 is 2.26 bits per heavy atom. The molecule has 1 unspecified atom stereocenters. The van der Waals surface area contributed by atoms with E-state index in [-0.39, 0.29) is 0 Å². The van der Waals surface area contributed by atoms with E-state index in [2.05, 4.69) is 30.0 Å². The maximum absolute atomic E-state index is 6.30. The zero-order valence-corrected chi connectivity index (χ0v) is 12.7. The highest BCUT2D eigenvalue weighted by Gasteiger charge is 2.23. The van der Waals surface area contributed by atoms with Gasteiger partial charge in [-0.2, -0.15) is 0 Å². The highest BCUT2D eigenvalue weighted by molar-refractivity contribution is 6.31. The predicted molar refractivity (Wildman–Crippen MR) is 83.1 cm³/mol. The molecule has 1 aliphatic rings. The summed E-state index contributed by atoms with van der Waals surface area (Å²) < 4.78 is 0. The largest absolute Gasteiger partial charge is 0.373 e. The number of rotatable bonds is 5. The Morgan fingerprint density at radius 3 is 2.89 bits per heavy atom. The second kappa shape index (κ2) is 6.60. The van der Waals surface area contributed by atoms with Gasteiger partial charge in [0.05, 0.1) is 0 Å². The van der Waals surface area contributed by atoms with Crippen LogP contribution in [0.4, 0.5) is 5.69 Å². The van der Waals surface area contributed by atoms with Crippen LogP contribution < -0.4 is 10.6 Å². The SMILES string of the molecule is CN(CC1CCCN1C)c1cccc(Cl)c1CCN. The van der Waals surface area contributed by atoms with Crippen LogP contribution in [0.3, 0.4) is 0 Å². The van der Waals surface area contributed by atoms with Crippen molar-refractivity contribution in [2.45, 2.75) is 25.3 Å². The molecule has 1 aromatic rings. The molecule has 0 aromatic heterocycles. The maximum Gasteiger partial charge on any atom is 0.0459 e. The Balaban J connectivity index is 2.13. The standard InChI is InChI=1S/C15H24ClN3/c1-18-10-4-5-12(18)11-19(2)15-7-3-6-14(16)13(15)8-9-17/h3,6-7,12H,4-5,8-11,17H2,1-2H3. The number of benzene rings is 1. The van der Waals surface area contributed by atoms with Gasteiger partial charge in [0.1, 0.15) is 0 Å². The summed E-state index contributed by atoms with van der Waals surface area (Å²) in [7, 11) is 4.36. The molecular weight excluding hydrogens is 258 g/mol. The number of hydrogen-bond donors (Lipinski definition) is 1. The van der Waals surface area contributed by atoms with E-state index >= 15 is 0 Å². The molecule has 0 spiro atoms. The molecular formula is C15H24ClN3. The van der Waals surface area contributed by atoms with Crippen molar-refractivity contribution < 1.29 is 0 Å². The number of nitrogens with two attached hydrogens (primary N) is 1. The van der Waals surface area contributed by atoms with Gasteiger partial charge in [0, 0.05) is 30.3 Å². The molecule has 1 heterocycles. The number of anilines is 1. The molecule has 1 fully saturated rings. The van der Waals surface area contributed by atoms with E-state index < -0.39 is 0 Å². The molecule has 2 N–H and O–H groups in total. The minimum absolute atomic E-state index is 0.633. The molecule has 0 bridgehead atoms. The van der Waals surface area contributed by atoms with E-state index in [0.29, 0.717) is 12.6 Å². The van der Waals surface area contributed by atoms with Crippen molar-refractivity contribution in [3.63, 3.8) is 0 Å². The van der Waals surface area contributed by atoms with Gasteiger partial charge >= 0.3 is 0 Å². The third-order valence-electron chi connectivity index (χ3n) is 4.06. The van der Waals surface area contributed by atoms with Gasteiger partial charge in [-0.25, -0.2) is 0 Å². The lowest BCUT2D eigenvalue weighted by atomic mass is 10.1. The van der Waals surface area contributed by atoms with Crippen molar-refractivity contribution in [1.29, 1.82) is 0 Å². The predicted octanol–water partition coefficient (Wildman–Crippen LogP) is 2.37. The smallest absolute Gasteiger partial charge is 0.0459 e. The molecule has 1 saturated heterocycles. The van der Waals surface area contributed by atoms with Crippen molar-refractivity contribution in [2.75, 3.05) is 38.6 Å². The van der Waals surface area contributed by atoms with Crippen LogP contribution in [-0.2, 0) is 6.42 Å². The molecule has 0 aliphatic carbocycles. The highest BCUT2D eigenvalue weighted by Crippen LogP contribution is 2.28. The number of halogens is 1. The molecule has 0 saturated carbocycles. The quantitative estimate of drug-likeness (QED) is 0.899. The van der Waals surface area contributed by atoms with Gasteiger partial charge in [0.25, 0.3) is 0 Å². The van der Waals surface area contributed by atoms with Crippen molar-refractivity contribution in [3.8, 4) is 0 Å². The zero-order valence-electron chi connectivity index (χ0n) is 11.9. The molecule has 19 heavy (non-hydrogen) atoms. The molecule has 1 aromatic carbocycles. The van der Waals surface area contributed by atoms with Crippen LogP contribution in [0.5, 0.6) is 0 Å². The summed E-state index contributed by atoms with van der Waals surface area (Å²) in [5.41, 5.74) is 8.10. The Kier molecular flexibility index (Phi) is 5.08. The maximum atomic E-state index is 6.30. The second-order valence-electron chi connectivity index (χ2n) is 5.43. The summed E-state index contributed by atoms with van der Waals surface area (Å²) in [5, 5.41) is 0.828. The minimum Gasteiger partial charge on any atom is -0.373 e. The Labute approximate surface area is 121 Å². The molecule has 1 atom stereocenters. The molecule has 4 heteroatoms. The fraction of sp³-hybridized carbons (Fsp3) is 0.600. The van der Waals surface area contributed by atoms with Crippen molar-refractivity contribution in [2.24, 2.45) is 5.73 Å². The lowest BCUT2D eigenvalue weighted by molar-refractivity contribution is 0.314. The van der Waals surface area contributed by atoms with E-state index in [0.717, 1.165) is 18.0 Å². The van der Waals surface area contributed by atoms with E-state index in [1.54, 1.807) is 0 Å². The van der Waals surface area contributed by atoms with Gasteiger partial charge in [-0.05, 0) is 57.1 Å². The summed E-state index contributed by atoms with van der Waals surface area (Å²) in [5.74, 6) is 0. The Hall–Kier alpha value is -0.770. The number of likely N-dealkylation sites (N-methyl/N-ethyl adjacent to an activating group) is 2. The lowest BCUT2D eigenvalue weighted by Crippen LogP contribution is -2.37. The van der Waals surface area contributed by atoms with Crippen molar-refractivity contribution >= 4 is 17.3 Å². The van der Waals surface area contributed by atoms with Crippen LogP contribution in [-0.4, -0.2) is 44.7 Å². The molecule has 106 valence electrons. The lowest BCUT2D eigenvalue weighted by Gasteiger charge is -2.29. The first-order chi connectivity index (χ1) is 9.13. The molecule has 0 amide bonds. The summed E-state index contributed by atoms with van der Waals surface area (Å²) in [6, 6.07) is 6.76. The molecule has 3 nitrogen and oxygen atoms in total. The number of nitrogens with zero attached hydrogens (tertiary/aromatic N) is 2. The first kappa shape index (κ1) is 14.6. The van der Waals surface area contributed by atoms with Crippen LogP contribution in [0.1, 0.15) is 18.4 Å². The summed E-state index contributed by atoms with van der Waals surface area (Å²) in [6.45, 7) is 2.89. The van der Waals surface area contributed by atoms with Crippen LogP contribution in [0.2, 0.25) is 5.02 Å². The first-order valence-electron chi connectivity index (χ1n) is 7.02. The van der Waals surface area contributed by atoms with Crippen LogP contribution in [0.15, 0.2) is 18.2 Å². The van der Waals surface area contributed by atoms with Crippen LogP contribution in [0, 0.1) is 0 Å². The summed E-state index contributed by atoms with van der Waals surface area (Å²) in [6.07, 6.45) is 3.42. The van der Waals surface area contributed by atoms with Crippen LogP contribution in [0.25, 0.3) is 0 Å². The van der Waals surface area contributed by atoms with Crippen molar-refractivity contribution in [1.82, 2.24) is 4.90 Å². The van der Waals surface area contributed by atoms with E-state index in [1.807, 2.05) is 12.1 Å². The Morgan fingerprint density at radius 1 is 1.47 bits per heavy atom. The van der Waals surface area contributed by atoms with Gasteiger partial charge in [-0.3, -0.25) is 0 Å². The second-order valence-corrected chi connectivity index (χ2v) is 5.84. The number of hydrogen-bond acceptors (Lipinski definition) is 3. The highest BCUT2D eigenvalue weighted by atomic mass is 35.5. The average Bonchev–Trinajstić information content (AvgIpc) is 2.78. The Bertz CT molecular complexity index is 422. The molecule has 2 rings (SSSR count). The van der Waals surface area contributed by atoms with Gasteiger partial charge in [0.2, 0.25) is 0 Å². The summed E-state index contributed by atoms with van der Waals surface area (Å²) in [4.78, 5) is 4.77. The minimum atomic E-state index is 0.633. The third kappa shape index (κ3) is 3.41. The molecule has 0 radical (unpaired) electrons. The topological polar surface area (TPSA) is 32.5 Å². The monoisotopic (exact) mass is 281 g/mol. The summed E-state index contributed by atoms with van der Waals surface area (Å²) >= 11 is 6.30. The van der Waals surface area contributed by atoms with Crippen molar-refractivity contribution in [3.05, 3.63) is 28.8 Å². The van der Waals surface area contributed by atoms with E-state index in [9.17, 15) is 0 Å². The van der Waals surface area contributed by atoms with Gasteiger partial charge in [0.15, 0.2) is 0 Å². The zero-order chi connectivity index (χ0) is 13.8. The normalized spacial score (nSPS) is 19.9. The average molecular weight is 282 g/mol. The van der Waals surface area contributed by atoms with Crippen LogP contribution >= 0.6 is 11.6 Å². The fourth-order valence-corrected chi connectivity index (χ4v) is 3.19. The first-order valence-corrected chi connectivity index (χ1v) is 7.40. The molecule has 1 aliphatic heterocycles. The van der Waals surface area contributed by atoms with Gasteiger partial charge in [-0.15, -0.1) is 0 Å². The van der Waals surface area contributed by atoms with E-state index in [1.165, 1.54) is 30.6 Å².